The van der Waals surface area contributed by atoms with Gasteiger partial charge in [-0.15, -0.1) is 11.3 Å². The summed E-state index contributed by atoms with van der Waals surface area (Å²) >= 11 is 1.79. The van der Waals surface area contributed by atoms with Crippen molar-refractivity contribution in [2.45, 2.75) is 39.5 Å². The number of hydrogen-bond donors (Lipinski definition) is 2. The summed E-state index contributed by atoms with van der Waals surface area (Å²) in [4.78, 5) is 6.83. The van der Waals surface area contributed by atoms with Gasteiger partial charge in [0.15, 0.2) is 5.96 Å². The molecule has 0 aliphatic rings. The molecule has 0 fully saturated rings. The first-order chi connectivity index (χ1) is 12.0. The molecule has 1 aromatic heterocycles. The molecule has 136 valence electrons. The van der Waals surface area contributed by atoms with Crippen LogP contribution in [0.3, 0.4) is 0 Å². The van der Waals surface area contributed by atoms with Gasteiger partial charge in [0, 0.05) is 35.8 Å². The van der Waals surface area contributed by atoms with Crippen molar-refractivity contribution in [2.75, 3.05) is 7.05 Å². The summed E-state index contributed by atoms with van der Waals surface area (Å²) < 4.78 is 29.0. The smallest absolute Gasteiger partial charge is 0.387 e. The van der Waals surface area contributed by atoms with Gasteiger partial charge in [-0.05, 0) is 43.7 Å². The molecule has 0 saturated carbocycles. The Labute approximate surface area is 150 Å². The number of guanidine groups is 1. The van der Waals surface area contributed by atoms with E-state index in [4.69, 9.17) is 0 Å². The Balaban J connectivity index is 1.85. The maximum Gasteiger partial charge on any atom is 0.387 e. The molecule has 0 radical (unpaired) electrons. The van der Waals surface area contributed by atoms with Crippen molar-refractivity contribution >= 4 is 17.3 Å². The first kappa shape index (κ1) is 19.2. The molecule has 0 amide bonds. The third kappa shape index (κ3) is 6.70. The Hall–Kier alpha value is -2.15. The molecule has 4 nitrogen and oxygen atoms in total. The van der Waals surface area contributed by atoms with Crippen LogP contribution >= 0.6 is 11.3 Å². The highest BCUT2D eigenvalue weighted by atomic mass is 32.1. The van der Waals surface area contributed by atoms with Crippen molar-refractivity contribution in [1.29, 1.82) is 0 Å². The Kier molecular flexibility index (Phi) is 7.18. The largest absolute Gasteiger partial charge is 0.435 e. The topological polar surface area (TPSA) is 45.7 Å². The van der Waals surface area contributed by atoms with Crippen molar-refractivity contribution < 1.29 is 13.5 Å². The highest BCUT2D eigenvalue weighted by Gasteiger charge is 2.09. The SMILES string of the molecule is CN=C(NCc1cccc(OC(F)F)c1)NC(C)Cc1ccc(C)s1. The third-order valence-electron chi connectivity index (χ3n) is 3.49. The molecular formula is C18H23F2N3OS. The second-order valence-corrected chi connectivity index (χ2v) is 7.09. The summed E-state index contributed by atoms with van der Waals surface area (Å²) in [6, 6.07) is 11.1. The predicted molar refractivity (Wildman–Crippen MR) is 98.6 cm³/mol. The first-order valence-electron chi connectivity index (χ1n) is 8.02. The maximum absolute atomic E-state index is 12.3. The number of benzene rings is 1. The summed E-state index contributed by atoms with van der Waals surface area (Å²) in [5.74, 6) is 0.819. The predicted octanol–water partition coefficient (Wildman–Crippen LogP) is 3.95. The fraction of sp³-hybridized carbons (Fsp3) is 0.389. The molecule has 2 N–H and O–H groups in total. The van der Waals surface area contributed by atoms with Crippen LogP contribution in [-0.2, 0) is 13.0 Å². The summed E-state index contributed by atoms with van der Waals surface area (Å²) in [6.07, 6.45) is 0.914. The molecule has 7 heteroatoms. The minimum atomic E-state index is -2.82. The molecule has 2 aromatic rings. The van der Waals surface area contributed by atoms with E-state index in [9.17, 15) is 8.78 Å². The van der Waals surface area contributed by atoms with Crippen LogP contribution in [-0.4, -0.2) is 25.7 Å². The summed E-state index contributed by atoms with van der Waals surface area (Å²) in [7, 11) is 1.70. The maximum atomic E-state index is 12.3. The standard InChI is InChI=1S/C18H23F2N3OS/c1-12(9-16-8-7-13(2)25-16)23-18(21-3)22-11-14-5-4-6-15(10-14)24-17(19)20/h4-8,10,12,17H,9,11H2,1-3H3,(H2,21,22,23). The van der Waals surface area contributed by atoms with E-state index in [-0.39, 0.29) is 11.8 Å². The van der Waals surface area contributed by atoms with Gasteiger partial charge in [0.2, 0.25) is 0 Å². The third-order valence-corrected chi connectivity index (χ3v) is 4.52. The molecule has 25 heavy (non-hydrogen) atoms. The average Bonchev–Trinajstić information content (AvgIpc) is 2.96. The molecular weight excluding hydrogens is 344 g/mol. The number of nitrogens with zero attached hydrogens (tertiary/aromatic N) is 1. The molecule has 1 heterocycles. The summed E-state index contributed by atoms with van der Waals surface area (Å²) in [5, 5.41) is 6.52. The second kappa shape index (κ2) is 9.36. The van der Waals surface area contributed by atoms with E-state index >= 15 is 0 Å². The van der Waals surface area contributed by atoms with Gasteiger partial charge in [0.05, 0.1) is 0 Å². The van der Waals surface area contributed by atoms with Crippen molar-refractivity contribution in [3.63, 3.8) is 0 Å². The van der Waals surface area contributed by atoms with Gasteiger partial charge in [-0.1, -0.05) is 12.1 Å². The molecule has 2 rings (SSSR count). The zero-order chi connectivity index (χ0) is 18.2. The Morgan fingerprint density at radius 2 is 2.08 bits per heavy atom. The quantitative estimate of drug-likeness (QED) is 0.575. The number of thiophene rings is 1. The Morgan fingerprint density at radius 3 is 2.72 bits per heavy atom. The molecule has 1 atom stereocenters. The average molecular weight is 367 g/mol. The van der Waals surface area contributed by atoms with Gasteiger partial charge in [-0.3, -0.25) is 4.99 Å². The molecule has 0 saturated heterocycles. The van der Waals surface area contributed by atoms with Crippen molar-refractivity contribution in [2.24, 2.45) is 4.99 Å². The highest BCUT2D eigenvalue weighted by Crippen LogP contribution is 2.17. The number of aryl methyl sites for hydroxylation is 1. The van der Waals surface area contributed by atoms with E-state index < -0.39 is 6.61 Å². The number of rotatable bonds is 7. The first-order valence-corrected chi connectivity index (χ1v) is 8.84. The van der Waals surface area contributed by atoms with E-state index in [2.05, 4.69) is 46.3 Å². The normalized spacial score (nSPS) is 13.0. The van der Waals surface area contributed by atoms with Gasteiger partial charge in [-0.25, -0.2) is 0 Å². The van der Waals surface area contributed by atoms with Crippen LogP contribution in [0.1, 0.15) is 22.2 Å². The number of hydrogen-bond acceptors (Lipinski definition) is 3. The molecule has 0 aliphatic carbocycles. The van der Waals surface area contributed by atoms with E-state index in [0.717, 1.165) is 12.0 Å². The van der Waals surface area contributed by atoms with Crippen LogP contribution in [0.15, 0.2) is 41.4 Å². The molecule has 1 aromatic carbocycles. The number of aliphatic imine (C=N–C) groups is 1. The van der Waals surface area contributed by atoms with E-state index in [1.54, 1.807) is 30.5 Å². The Morgan fingerprint density at radius 1 is 1.28 bits per heavy atom. The van der Waals surface area contributed by atoms with Crippen LogP contribution in [0, 0.1) is 6.92 Å². The van der Waals surface area contributed by atoms with Crippen molar-refractivity contribution in [1.82, 2.24) is 10.6 Å². The van der Waals surface area contributed by atoms with E-state index in [1.165, 1.54) is 15.8 Å². The number of ether oxygens (including phenoxy) is 1. The summed E-state index contributed by atoms with van der Waals surface area (Å²) in [6.45, 7) is 1.84. The zero-order valence-electron chi connectivity index (χ0n) is 14.6. The molecule has 0 aliphatic heterocycles. The lowest BCUT2D eigenvalue weighted by molar-refractivity contribution is -0.0498. The van der Waals surface area contributed by atoms with Crippen molar-refractivity contribution in [3.8, 4) is 5.75 Å². The fourth-order valence-electron chi connectivity index (χ4n) is 2.39. The lowest BCUT2D eigenvalue weighted by Crippen LogP contribution is -2.42. The lowest BCUT2D eigenvalue weighted by atomic mass is 10.2. The van der Waals surface area contributed by atoms with Gasteiger partial charge in [0.1, 0.15) is 5.75 Å². The van der Waals surface area contributed by atoms with Crippen LogP contribution in [0.2, 0.25) is 0 Å². The van der Waals surface area contributed by atoms with Crippen LogP contribution in [0.4, 0.5) is 8.78 Å². The van der Waals surface area contributed by atoms with Crippen LogP contribution < -0.4 is 15.4 Å². The number of halogens is 2. The zero-order valence-corrected chi connectivity index (χ0v) is 15.4. The van der Waals surface area contributed by atoms with Crippen LogP contribution in [0.5, 0.6) is 5.75 Å². The van der Waals surface area contributed by atoms with Gasteiger partial charge in [0.25, 0.3) is 0 Å². The van der Waals surface area contributed by atoms with Crippen molar-refractivity contribution in [3.05, 3.63) is 51.7 Å². The summed E-state index contributed by atoms with van der Waals surface area (Å²) in [5.41, 5.74) is 0.836. The van der Waals surface area contributed by atoms with Crippen LogP contribution in [0.25, 0.3) is 0 Å². The van der Waals surface area contributed by atoms with E-state index in [1.807, 2.05) is 6.07 Å². The minimum absolute atomic E-state index is 0.152. The minimum Gasteiger partial charge on any atom is -0.435 e. The second-order valence-electron chi connectivity index (χ2n) is 5.71. The number of nitrogens with one attached hydrogen (secondary N) is 2. The van der Waals surface area contributed by atoms with Gasteiger partial charge >= 0.3 is 6.61 Å². The molecule has 1 unspecified atom stereocenters. The van der Waals surface area contributed by atoms with Gasteiger partial charge in [-0.2, -0.15) is 8.78 Å². The van der Waals surface area contributed by atoms with E-state index in [0.29, 0.717) is 12.5 Å². The Bertz CT molecular complexity index is 703. The number of alkyl halides is 2. The fourth-order valence-corrected chi connectivity index (χ4v) is 3.41. The highest BCUT2D eigenvalue weighted by molar-refractivity contribution is 7.11. The molecule has 0 bridgehead atoms. The monoisotopic (exact) mass is 367 g/mol. The lowest BCUT2D eigenvalue weighted by Gasteiger charge is -2.17. The van der Waals surface area contributed by atoms with Gasteiger partial charge < -0.3 is 15.4 Å². The molecule has 0 spiro atoms.